The van der Waals surface area contributed by atoms with Crippen molar-refractivity contribution >= 4 is 22.5 Å². The third-order valence-electron chi connectivity index (χ3n) is 4.60. The number of hydrogen-bond acceptors (Lipinski definition) is 5. The van der Waals surface area contributed by atoms with E-state index in [1.54, 1.807) is 29.4 Å². The van der Waals surface area contributed by atoms with Gasteiger partial charge in [0.25, 0.3) is 5.91 Å². The van der Waals surface area contributed by atoms with Crippen LogP contribution in [0, 0.1) is 11.3 Å². The molecule has 1 aliphatic heterocycles. The molecule has 2 aromatic heterocycles. The van der Waals surface area contributed by atoms with Gasteiger partial charge in [-0.05, 0) is 24.6 Å². The molecule has 0 radical (unpaired) electrons. The van der Waals surface area contributed by atoms with E-state index in [2.05, 4.69) is 21.4 Å². The third kappa shape index (κ3) is 2.95. The summed E-state index contributed by atoms with van der Waals surface area (Å²) in [5.74, 6) is -0.0602. The zero-order valence-electron chi connectivity index (χ0n) is 14.1. The number of nitriles is 1. The van der Waals surface area contributed by atoms with E-state index < -0.39 is 0 Å². The molecule has 0 bridgehead atoms. The van der Waals surface area contributed by atoms with Crippen LogP contribution in [-0.2, 0) is 0 Å². The minimum Gasteiger partial charge on any atom is -0.379 e. The summed E-state index contributed by atoms with van der Waals surface area (Å²) < 4.78 is 0. The summed E-state index contributed by atoms with van der Waals surface area (Å²) in [6.07, 6.45) is 4.04. The molecular weight excluding hydrogens is 326 g/mol. The number of rotatable bonds is 3. The van der Waals surface area contributed by atoms with Gasteiger partial charge in [-0.1, -0.05) is 24.3 Å². The van der Waals surface area contributed by atoms with Crippen molar-refractivity contribution in [1.82, 2.24) is 14.9 Å². The number of anilines is 1. The second-order valence-corrected chi connectivity index (χ2v) is 6.27. The highest BCUT2D eigenvalue weighted by atomic mass is 16.2. The number of nitrogens with one attached hydrogen (secondary N) is 1. The van der Waals surface area contributed by atoms with Crippen molar-refractivity contribution < 1.29 is 4.79 Å². The lowest BCUT2D eigenvalue weighted by molar-refractivity contribution is 0.0786. The van der Waals surface area contributed by atoms with Crippen LogP contribution >= 0.6 is 0 Å². The Morgan fingerprint density at radius 1 is 1.19 bits per heavy atom. The van der Waals surface area contributed by atoms with E-state index in [-0.39, 0.29) is 11.9 Å². The summed E-state index contributed by atoms with van der Waals surface area (Å²) in [4.78, 5) is 22.8. The Kier molecular flexibility index (Phi) is 4.20. The Morgan fingerprint density at radius 3 is 2.85 bits per heavy atom. The van der Waals surface area contributed by atoms with E-state index in [4.69, 9.17) is 0 Å². The highest BCUT2D eigenvalue weighted by Crippen LogP contribution is 2.27. The molecule has 4 rings (SSSR count). The van der Waals surface area contributed by atoms with E-state index in [0.29, 0.717) is 24.3 Å². The summed E-state index contributed by atoms with van der Waals surface area (Å²) in [7, 11) is 0. The first kappa shape index (κ1) is 16.0. The standard InChI is InChI=1S/C20H17N5O/c21-11-14-12-23-17-6-2-1-5-16(17)19(14)24-15-8-10-25(13-15)20(26)18-7-3-4-9-22-18/h1-7,9,12,15H,8,10,13H2,(H,23,24). The molecule has 6 nitrogen and oxygen atoms in total. The summed E-state index contributed by atoms with van der Waals surface area (Å²) in [5.41, 5.74) is 2.60. The summed E-state index contributed by atoms with van der Waals surface area (Å²) >= 11 is 0. The van der Waals surface area contributed by atoms with Crippen LogP contribution in [0.2, 0.25) is 0 Å². The van der Waals surface area contributed by atoms with Crippen molar-refractivity contribution in [3.63, 3.8) is 0 Å². The maximum absolute atomic E-state index is 12.6. The number of para-hydroxylation sites is 1. The van der Waals surface area contributed by atoms with Gasteiger partial charge in [-0.3, -0.25) is 14.8 Å². The van der Waals surface area contributed by atoms with Crippen LogP contribution in [0.1, 0.15) is 22.5 Å². The lowest BCUT2D eigenvalue weighted by Crippen LogP contribution is -2.32. The van der Waals surface area contributed by atoms with Crippen molar-refractivity contribution in [3.05, 3.63) is 66.1 Å². The van der Waals surface area contributed by atoms with E-state index in [1.165, 1.54) is 0 Å². The average Bonchev–Trinajstić information content (AvgIpc) is 3.17. The van der Waals surface area contributed by atoms with Crippen molar-refractivity contribution in [2.24, 2.45) is 0 Å². The number of nitrogens with zero attached hydrogens (tertiary/aromatic N) is 4. The highest BCUT2D eigenvalue weighted by Gasteiger charge is 2.28. The predicted octanol–water partition coefficient (Wildman–Crippen LogP) is 2.83. The van der Waals surface area contributed by atoms with Gasteiger partial charge in [0.05, 0.1) is 16.8 Å². The molecule has 0 aliphatic carbocycles. The molecule has 1 N–H and O–H groups in total. The number of hydrogen-bond donors (Lipinski definition) is 1. The van der Waals surface area contributed by atoms with Crippen LogP contribution in [-0.4, -0.2) is 39.9 Å². The van der Waals surface area contributed by atoms with Gasteiger partial charge in [-0.15, -0.1) is 0 Å². The minimum absolute atomic E-state index is 0.0602. The molecule has 1 aromatic carbocycles. The van der Waals surface area contributed by atoms with Gasteiger partial charge in [0.2, 0.25) is 0 Å². The van der Waals surface area contributed by atoms with Crippen LogP contribution in [0.25, 0.3) is 10.9 Å². The lowest BCUT2D eigenvalue weighted by Gasteiger charge is -2.19. The van der Waals surface area contributed by atoms with Gasteiger partial charge in [-0.25, -0.2) is 0 Å². The molecule has 6 heteroatoms. The Morgan fingerprint density at radius 2 is 2.04 bits per heavy atom. The van der Waals surface area contributed by atoms with Crippen LogP contribution in [0.3, 0.4) is 0 Å². The molecule has 3 aromatic rings. The number of benzene rings is 1. The number of carbonyl (C=O) groups is 1. The Labute approximate surface area is 151 Å². The molecule has 1 saturated heterocycles. The molecule has 0 saturated carbocycles. The SMILES string of the molecule is N#Cc1cnc2ccccc2c1NC1CCN(C(=O)c2ccccn2)C1. The monoisotopic (exact) mass is 343 g/mol. The van der Waals surface area contributed by atoms with Crippen molar-refractivity contribution in [2.45, 2.75) is 12.5 Å². The number of likely N-dealkylation sites (tertiary alicyclic amines) is 1. The van der Waals surface area contributed by atoms with Gasteiger partial charge in [-0.2, -0.15) is 5.26 Å². The van der Waals surface area contributed by atoms with Crippen LogP contribution < -0.4 is 5.32 Å². The molecule has 1 atom stereocenters. The van der Waals surface area contributed by atoms with Crippen LogP contribution in [0.5, 0.6) is 0 Å². The van der Waals surface area contributed by atoms with E-state index >= 15 is 0 Å². The summed E-state index contributed by atoms with van der Waals surface area (Å²) in [6.45, 7) is 1.24. The quantitative estimate of drug-likeness (QED) is 0.791. The smallest absolute Gasteiger partial charge is 0.272 e. The highest BCUT2D eigenvalue weighted by molar-refractivity contribution is 5.94. The number of carbonyl (C=O) groups excluding carboxylic acids is 1. The third-order valence-corrected chi connectivity index (χ3v) is 4.60. The Balaban J connectivity index is 1.55. The zero-order chi connectivity index (χ0) is 17.9. The average molecular weight is 343 g/mol. The second-order valence-electron chi connectivity index (χ2n) is 6.27. The van der Waals surface area contributed by atoms with Crippen LogP contribution in [0.15, 0.2) is 54.9 Å². The Hall–Kier alpha value is -3.46. The largest absolute Gasteiger partial charge is 0.379 e. The molecular formula is C20H17N5O. The number of amides is 1. The molecule has 0 spiro atoms. The van der Waals surface area contributed by atoms with Gasteiger partial charge < -0.3 is 10.2 Å². The first-order valence-electron chi connectivity index (χ1n) is 8.51. The van der Waals surface area contributed by atoms with E-state index in [9.17, 15) is 10.1 Å². The lowest BCUT2D eigenvalue weighted by atomic mass is 10.1. The number of pyridine rings is 2. The van der Waals surface area contributed by atoms with Crippen LogP contribution in [0.4, 0.5) is 5.69 Å². The molecule has 1 unspecified atom stereocenters. The Bertz CT molecular complexity index is 996. The fourth-order valence-corrected chi connectivity index (χ4v) is 3.30. The molecule has 26 heavy (non-hydrogen) atoms. The van der Waals surface area contributed by atoms with Crippen molar-refractivity contribution in [1.29, 1.82) is 5.26 Å². The topological polar surface area (TPSA) is 81.9 Å². The maximum Gasteiger partial charge on any atom is 0.272 e. The van der Waals surface area contributed by atoms with Gasteiger partial charge >= 0.3 is 0 Å². The number of fused-ring (bicyclic) bond motifs is 1. The van der Waals surface area contributed by atoms with E-state index in [1.807, 2.05) is 30.3 Å². The van der Waals surface area contributed by atoms with Gasteiger partial charge in [0.15, 0.2) is 0 Å². The maximum atomic E-state index is 12.6. The minimum atomic E-state index is -0.0602. The van der Waals surface area contributed by atoms with Crippen molar-refractivity contribution in [3.8, 4) is 6.07 Å². The molecule has 1 aliphatic rings. The summed E-state index contributed by atoms with van der Waals surface area (Å²) in [5, 5.41) is 13.8. The molecule has 3 heterocycles. The van der Waals surface area contributed by atoms with Crippen molar-refractivity contribution in [2.75, 3.05) is 18.4 Å². The van der Waals surface area contributed by atoms with Gasteiger partial charge in [0, 0.05) is 36.9 Å². The molecule has 128 valence electrons. The normalized spacial score (nSPS) is 16.4. The second kappa shape index (κ2) is 6.81. The van der Waals surface area contributed by atoms with E-state index in [0.717, 1.165) is 23.0 Å². The summed E-state index contributed by atoms with van der Waals surface area (Å²) in [6, 6.07) is 15.4. The molecule has 1 amide bonds. The predicted molar refractivity (Wildman–Crippen MR) is 98.6 cm³/mol. The molecule has 1 fully saturated rings. The fourth-order valence-electron chi connectivity index (χ4n) is 3.30. The first-order valence-corrected chi connectivity index (χ1v) is 8.51. The first-order chi connectivity index (χ1) is 12.8. The number of aromatic nitrogens is 2. The zero-order valence-corrected chi connectivity index (χ0v) is 14.1. The van der Waals surface area contributed by atoms with Gasteiger partial charge in [0.1, 0.15) is 11.8 Å². The fraction of sp³-hybridized carbons (Fsp3) is 0.200.